The van der Waals surface area contributed by atoms with Gasteiger partial charge < -0.3 is 10.1 Å². The highest BCUT2D eigenvalue weighted by atomic mass is 16.1. The standard InChI is InChI=1S/C14H19NO/c1-14(2,12-16)11-15-10-6-9-13-7-4-3-5-8-13/h3-9,12,15H,10-11H2,1-2H3/b9-6+. The van der Waals surface area contributed by atoms with E-state index in [1.165, 1.54) is 5.56 Å². The summed E-state index contributed by atoms with van der Waals surface area (Å²) in [5, 5.41) is 3.23. The first-order valence-corrected chi connectivity index (χ1v) is 5.53. The van der Waals surface area contributed by atoms with E-state index < -0.39 is 0 Å². The quantitative estimate of drug-likeness (QED) is 0.586. The summed E-state index contributed by atoms with van der Waals surface area (Å²) in [7, 11) is 0. The highest BCUT2D eigenvalue weighted by molar-refractivity contribution is 5.58. The van der Waals surface area contributed by atoms with Gasteiger partial charge in [-0.05, 0) is 5.56 Å². The van der Waals surface area contributed by atoms with Gasteiger partial charge in [0.05, 0.1) is 0 Å². The van der Waals surface area contributed by atoms with Crippen LogP contribution >= 0.6 is 0 Å². The van der Waals surface area contributed by atoms with E-state index in [2.05, 4.69) is 29.6 Å². The highest BCUT2D eigenvalue weighted by Gasteiger charge is 2.14. The minimum Gasteiger partial charge on any atom is -0.312 e. The minimum absolute atomic E-state index is 0.277. The molecule has 16 heavy (non-hydrogen) atoms. The topological polar surface area (TPSA) is 29.1 Å². The largest absolute Gasteiger partial charge is 0.312 e. The molecule has 0 aliphatic heterocycles. The van der Waals surface area contributed by atoms with E-state index in [1.54, 1.807) is 0 Å². The SMILES string of the molecule is CC(C)(C=O)CNC/C=C/c1ccccc1. The number of rotatable bonds is 6. The highest BCUT2D eigenvalue weighted by Crippen LogP contribution is 2.07. The zero-order valence-corrected chi connectivity index (χ0v) is 9.94. The fraction of sp³-hybridized carbons (Fsp3) is 0.357. The number of hydrogen-bond donors (Lipinski definition) is 1. The van der Waals surface area contributed by atoms with E-state index in [1.807, 2.05) is 32.0 Å². The van der Waals surface area contributed by atoms with Gasteiger partial charge >= 0.3 is 0 Å². The van der Waals surface area contributed by atoms with E-state index in [0.717, 1.165) is 12.8 Å². The van der Waals surface area contributed by atoms with E-state index in [9.17, 15) is 4.79 Å². The maximum Gasteiger partial charge on any atom is 0.126 e. The third-order valence-corrected chi connectivity index (χ3v) is 2.27. The van der Waals surface area contributed by atoms with Crippen LogP contribution in [-0.2, 0) is 4.79 Å². The first-order chi connectivity index (χ1) is 7.64. The van der Waals surface area contributed by atoms with Crippen molar-refractivity contribution >= 4 is 12.4 Å². The molecule has 1 rings (SSSR count). The summed E-state index contributed by atoms with van der Waals surface area (Å²) in [6.45, 7) is 5.34. The number of carbonyl (C=O) groups is 1. The second-order valence-electron chi connectivity index (χ2n) is 4.55. The number of benzene rings is 1. The van der Waals surface area contributed by atoms with Crippen molar-refractivity contribution in [2.45, 2.75) is 13.8 Å². The molecule has 1 aromatic rings. The molecule has 0 aliphatic rings. The van der Waals surface area contributed by atoms with Gasteiger partial charge in [0.2, 0.25) is 0 Å². The Kier molecular flexibility index (Phi) is 4.93. The molecule has 0 heterocycles. The molecule has 0 spiro atoms. The Balaban J connectivity index is 2.26. The molecule has 0 fully saturated rings. The molecule has 1 aromatic carbocycles. The van der Waals surface area contributed by atoms with Gasteiger partial charge in [0.1, 0.15) is 6.29 Å². The molecule has 2 nitrogen and oxygen atoms in total. The zero-order valence-electron chi connectivity index (χ0n) is 9.94. The van der Waals surface area contributed by atoms with Crippen molar-refractivity contribution in [3.05, 3.63) is 42.0 Å². The maximum absolute atomic E-state index is 10.7. The third-order valence-electron chi connectivity index (χ3n) is 2.27. The van der Waals surface area contributed by atoms with Crippen molar-refractivity contribution in [1.82, 2.24) is 5.32 Å². The Labute approximate surface area is 97.4 Å². The summed E-state index contributed by atoms with van der Waals surface area (Å²) in [5.74, 6) is 0. The van der Waals surface area contributed by atoms with Crippen LogP contribution in [0, 0.1) is 5.41 Å². The van der Waals surface area contributed by atoms with Crippen LogP contribution in [0.5, 0.6) is 0 Å². The molecule has 1 N–H and O–H groups in total. The Morgan fingerprint density at radius 2 is 1.94 bits per heavy atom. The van der Waals surface area contributed by atoms with Gasteiger partial charge in [-0.3, -0.25) is 0 Å². The van der Waals surface area contributed by atoms with Crippen LogP contribution in [0.3, 0.4) is 0 Å². The van der Waals surface area contributed by atoms with Crippen molar-refractivity contribution < 1.29 is 4.79 Å². The molecule has 0 aliphatic carbocycles. The Morgan fingerprint density at radius 3 is 2.56 bits per heavy atom. The van der Waals surface area contributed by atoms with Crippen LogP contribution in [0.4, 0.5) is 0 Å². The second-order valence-corrected chi connectivity index (χ2v) is 4.55. The van der Waals surface area contributed by atoms with Crippen LogP contribution < -0.4 is 5.32 Å². The van der Waals surface area contributed by atoms with Crippen LogP contribution in [-0.4, -0.2) is 19.4 Å². The normalized spacial score (nSPS) is 11.9. The second kappa shape index (κ2) is 6.23. The van der Waals surface area contributed by atoms with Gasteiger partial charge in [-0.15, -0.1) is 0 Å². The lowest BCUT2D eigenvalue weighted by Crippen LogP contribution is -2.30. The molecular formula is C14H19NO. The fourth-order valence-corrected chi connectivity index (χ4v) is 1.28. The molecule has 2 heteroatoms. The lowest BCUT2D eigenvalue weighted by atomic mass is 9.96. The zero-order chi connectivity index (χ0) is 11.9. The van der Waals surface area contributed by atoms with Gasteiger partial charge in [0.25, 0.3) is 0 Å². The number of carbonyl (C=O) groups excluding carboxylic acids is 1. The van der Waals surface area contributed by atoms with Gasteiger partial charge in [-0.2, -0.15) is 0 Å². The summed E-state index contributed by atoms with van der Waals surface area (Å²) in [6.07, 6.45) is 5.12. The summed E-state index contributed by atoms with van der Waals surface area (Å²) in [4.78, 5) is 10.7. The molecule has 86 valence electrons. The van der Waals surface area contributed by atoms with Gasteiger partial charge in [-0.25, -0.2) is 0 Å². The van der Waals surface area contributed by atoms with Crippen LogP contribution in [0.15, 0.2) is 36.4 Å². The number of nitrogens with one attached hydrogen (secondary N) is 1. The molecule has 0 aromatic heterocycles. The summed E-state index contributed by atoms with van der Waals surface area (Å²) in [5.41, 5.74) is 0.916. The number of aldehydes is 1. The lowest BCUT2D eigenvalue weighted by Gasteiger charge is -2.16. The van der Waals surface area contributed by atoms with Crippen molar-refractivity contribution in [2.75, 3.05) is 13.1 Å². The molecule has 0 unspecified atom stereocenters. The minimum atomic E-state index is -0.277. The fourth-order valence-electron chi connectivity index (χ4n) is 1.28. The van der Waals surface area contributed by atoms with Crippen molar-refractivity contribution in [3.63, 3.8) is 0 Å². The lowest BCUT2D eigenvalue weighted by molar-refractivity contribution is -0.114. The Hall–Kier alpha value is -1.41. The average molecular weight is 217 g/mol. The van der Waals surface area contributed by atoms with Crippen LogP contribution in [0.2, 0.25) is 0 Å². The monoisotopic (exact) mass is 217 g/mol. The average Bonchev–Trinajstić information content (AvgIpc) is 2.30. The smallest absolute Gasteiger partial charge is 0.126 e. The van der Waals surface area contributed by atoms with Gasteiger partial charge in [0.15, 0.2) is 0 Å². The molecular weight excluding hydrogens is 198 g/mol. The van der Waals surface area contributed by atoms with E-state index in [0.29, 0.717) is 6.54 Å². The molecule has 0 amide bonds. The van der Waals surface area contributed by atoms with Gasteiger partial charge in [0, 0.05) is 18.5 Å². The maximum atomic E-state index is 10.7. The molecule has 0 saturated carbocycles. The Bertz CT molecular complexity index is 341. The summed E-state index contributed by atoms with van der Waals surface area (Å²) in [6, 6.07) is 10.2. The van der Waals surface area contributed by atoms with E-state index in [4.69, 9.17) is 0 Å². The van der Waals surface area contributed by atoms with Crippen LogP contribution in [0.1, 0.15) is 19.4 Å². The van der Waals surface area contributed by atoms with E-state index >= 15 is 0 Å². The predicted molar refractivity (Wildman–Crippen MR) is 68.2 cm³/mol. The summed E-state index contributed by atoms with van der Waals surface area (Å²) >= 11 is 0. The molecule has 0 saturated heterocycles. The van der Waals surface area contributed by atoms with Crippen LogP contribution in [0.25, 0.3) is 6.08 Å². The molecule has 0 atom stereocenters. The van der Waals surface area contributed by atoms with E-state index in [-0.39, 0.29) is 5.41 Å². The molecule has 0 bridgehead atoms. The van der Waals surface area contributed by atoms with Crippen molar-refractivity contribution in [1.29, 1.82) is 0 Å². The first-order valence-electron chi connectivity index (χ1n) is 5.53. The third kappa shape index (κ3) is 4.89. The van der Waals surface area contributed by atoms with Gasteiger partial charge in [-0.1, -0.05) is 56.3 Å². The van der Waals surface area contributed by atoms with Crippen molar-refractivity contribution in [2.24, 2.45) is 5.41 Å². The number of hydrogen-bond acceptors (Lipinski definition) is 2. The molecule has 0 radical (unpaired) electrons. The first kappa shape index (κ1) is 12.7. The summed E-state index contributed by atoms with van der Waals surface area (Å²) < 4.78 is 0. The predicted octanol–water partition coefficient (Wildman–Crippen LogP) is 2.51. The Morgan fingerprint density at radius 1 is 1.25 bits per heavy atom. The van der Waals surface area contributed by atoms with Crippen molar-refractivity contribution in [3.8, 4) is 0 Å².